The summed E-state index contributed by atoms with van der Waals surface area (Å²) in [6.45, 7) is 9.67. The molecule has 0 unspecified atom stereocenters. The first kappa shape index (κ1) is 16.2. The minimum absolute atomic E-state index is 0.0330. The second-order valence-corrected chi connectivity index (χ2v) is 5.26. The Bertz CT molecular complexity index is 391. The van der Waals surface area contributed by atoms with Crippen molar-refractivity contribution in [3.05, 3.63) is 23.6 Å². The van der Waals surface area contributed by atoms with Gasteiger partial charge in [0.2, 0.25) is 0 Å². The standard InChI is InChI=1S/C14H22ClFN2O/c1-10(2)18(11(3)4)7-8-19-14-13(16)12(9-15)5-6-17-14/h5-6,10-11H,7-9H2,1-4H3. The van der Waals surface area contributed by atoms with Crippen LogP contribution >= 0.6 is 11.6 Å². The van der Waals surface area contributed by atoms with Crippen LogP contribution in [-0.2, 0) is 5.88 Å². The molecule has 0 aromatic carbocycles. The third-order valence-electron chi connectivity index (χ3n) is 3.00. The van der Waals surface area contributed by atoms with E-state index in [4.69, 9.17) is 16.3 Å². The van der Waals surface area contributed by atoms with Gasteiger partial charge < -0.3 is 4.74 Å². The van der Waals surface area contributed by atoms with Gasteiger partial charge in [0.1, 0.15) is 6.61 Å². The van der Waals surface area contributed by atoms with Gasteiger partial charge in [0.15, 0.2) is 5.82 Å². The average molecular weight is 289 g/mol. The molecule has 0 saturated carbocycles. The lowest BCUT2D eigenvalue weighted by Crippen LogP contribution is -2.39. The maximum Gasteiger partial charge on any atom is 0.250 e. The van der Waals surface area contributed by atoms with Crippen molar-refractivity contribution in [2.75, 3.05) is 13.2 Å². The van der Waals surface area contributed by atoms with E-state index in [1.54, 1.807) is 6.07 Å². The molecule has 1 aromatic rings. The number of alkyl halides is 1. The van der Waals surface area contributed by atoms with E-state index in [1.807, 2.05) is 0 Å². The number of pyridine rings is 1. The van der Waals surface area contributed by atoms with Crippen molar-refractivity contribution in [2.24, 2.45) is 0 Å². The zero-order valence-electron chi connectivity index (χ0n) is 12.0. The third kappa shape index (κ3) is 4.62. The SMILES string of the molecule is CC(C)N(CCOc1nccc(CCl)c1F)C(C)C. The number of rotatable bonds is 7. The lowest BCUT2D eigenvalue weighted by atomic mass is 10.2. The fourth-order valence-electron chi connectivity index (χ4n) is 2.03. The molecule has 0 radical (unpaired) electrons. The van der Waals surface area contributed by atoms with Gasteiger partial charge in [-0.1, -0.05) is 0 Å². The van der Waals surface area contributed by atoms with E-state index in [0.29, 0.717) is 24.3 Å². The first-order valence-electron chi connectivity index (χ1n) is 6.55. The second-order valence-electron chi connectivity index (χ2n) is 5.00. The van der Waals surface area contributed by atoms with Gasteiger partial charge in [-0.15, -0.1) is 11.6 Å². The summed E-state index contributed by atoms with van der Waals surface area (Å²) in [6, 6.07) is 2.41. The summed E-state index contributed by atoms with van der Waals surface area (Å²) in [5, 5.41) is 0. The van der Waals surface area contributed by atoms with Gasteiger partial charge >= 0.3 is 0 Å². The van der Waals surface area contributed by atoms with Crippen LogP contribution in [0.3, 0.4) is 0 Å². The molecule has 1 rings (SSSR count). The summed E-state index contributed by atoms with van der Waals surface area (Å²) in [4.78, 5) is 6.18. The van der Waals surface area contributed by atoms with Crippen LogP contribution in [0.5, 0.6) is 5.88 Å². The van der Waals surface area contributed by atoms with Gasteiger partial charge in [-0.3, -0.25) is 4.90 Å². The molecule has 1 aromatic heterocycles. The minimum atomic E-state index is -0.460. The zero-order chi connectivity index (χ0) is 14.4. The Morgan fingerprint density at radius 1 is 1.32 bits per heavy atom. The van der Waals surface area contributed by atoms with Crippen LogP contribution < -0.4 is 4.74 Å². The van der Waals surface area contributed by atoms with Crippen molar-refractivity contribution >= 4 is 11.6 Å². The lowest BCUT2D eigenvalue weighted by molar-refractivity contribution is 0.138. The van der Waals surface area contributed by atoms with Crippen molar-refractivity contribution in [3.63, 3.8) is 0 Å². The molecule has 0 saturated heterocycles. The summed E-state index contributed by atoms with van der Waals surface area (Å²) in [7, 11) is 0. The van der Waals surface area contributed by atoms with E-state index in [-0.39, 0.29) is 11.8 Å². The number of hydrogen-bond acceptors (Lipinski definition) is 3. The van der Waals surface area contributed by atoms with Gasteiger partial charge in [0.05, 0.1) is 5.88 Å². The number of aromatic nitrogens is 1. The van der Waals surface area contributed by atoms with Crippen LogP contribution in [0.15, 0.2) is 12.3 Å². The van der Waals surface area contributed by atoms with Gasteiger partial charge in [-0.05, 0) is 33.8 Å². The molecule has 0 bridgehead atoms. The molecule has 0 atom stereocenters. The predicted molar refractivity (Wildman–Crippen MR) is 76.2 cm³/mol. The van der Waals surface area contributed by atoms with E-state index >= 15 is 0 Å². The van der Waals surface area contributed by atoms with E-state index < -0.39 is 5.82 Å². The lowest BCUT2D eigenvalue weighted by Gasteiger charge is -2.30. The Labute approximate surface area is 119 Å². The molecule has 3 nitrogen and oxygen atoms in total. The van der Waals surface area contributed by atoms with Crippen molar-refractivity contribution in [1.82, 2.24) is 9.88 Å². The van der Waals surface area contributed by atoms with E-state index in [2.05, 4.69) is 37.6 Å². The van der Waals surface area contributed by atoms with Crippen molar-refractivity contribution in [3.8, 4) is 5.88 Å². The number of halogens is 2. The fraction of sp³-hybridized carbons (Fsp3) is 0.643. The number of nitrogens with zero attached hydrogens (tertiary/aromatic N) is 2. The summed E-state index contributed by atoms with van der Waals surface area (Å²) >= 11 is 5.64. The van der Waals surface area contributed by atoms with Crippen molar-refractivity contribution in [2.45, 2.75) is 45.7 Å². The molecule has 5 heteroatoms. The molecule has 0 spiro atoms. The van der Waals surface area contributed by atoms with E-state index in [1.165, 1.54) is 6.20 Å². The van der Waals surface area contributed by atoms with Crippen LogP contribution in [-0.4, -0.2) is 35.1 Å². The van der Waals surface area contributed by atoms with Gasteiger partial charge in [-0.2, -0.15) is 0 Å². The Balaban J connectivity index is 2.58. The molecule has 19 heavy (non-hydrogen) atoms. The second kappa shape index (κ2) is 7.65. The van der Waals surface area contributed by atoms with Crippen LogP contribution in [0.2, 0.25) is 0 Å². The van der Waals surface area contributed by atoms with E-state index in [0.717, 1.165) is 6.54 Å². The number of ether oxygens (including phenoxy) is 1. The van der Waals surface area contributed by atoms with Gasteiger partial charge in [-0.25, -0.2) is 9.37 Å². The molecule has 0 aliphatic carbocycles. The fourth-order valence-corrected chi connectivity index (χ4v) is 2.23. The summed E-state index contributed by atoms with van der Waals surface area (Å²) in [6.07, 6.45) is 1.51. The molecule has 0 aliphatic heterocycles. The van der Waals surface area contributed by atoms with Crippen LogP contribution in [0.4, 0.5) is 4.39 Å². The molecule has 0 fully saturated rings. The molecule has 108 valence electrons. The topological polar surface area (TPSA) is 25.4 Å². The zero-order valence-corrected chi connectivity index (χ0v) is 12.7. The number of hydrogen-bond donors (Lipinski definition) is 0. The molecular weight excluding hydrogens is 267 g/mol. The molecule has 0 N–H and O–H groups in total. The minimum Gasteiger partial charge on any atom is -0.474 e. The quantitative estimate of drug-likeness (QED) is 0.719. The maximum absolute atomic E-state index is 13.8. The Kier molecular flexibility index (Phi) is 6.52. The molecule has 0 amide bonds. The van der Waals surface area contributed by atoms with Crippen LogP contribution in [0, 0.1) is 5.82 Å². The normalized spacial score (nSPS) is 11.6. The van der Waals surface area contributed by atoms with Crippen molar-refractivity contribution < 1.29 is 9.13 Å². The smallest absolute Gasteiger partial charge is 0.250 e. The molecular formula is C14H22ClFN2O. The third-order valence-corrected chi connectivity index (χ3v) is 3.28. The first-order chi connectivity index (χ1) is 8.97. The highest BCUT2D eigenvalue weighted by Crippen LogP contribution is 2.18. The van der Waals surface area contributed by atoms with Gasteiger partial charge in [0.25, 0.3) is 5.88 Å². The highest BCUT2D eigenvalue weighted by molar-refractivity contribution is 6.17. The van der Waals surface area contributed by atoms with Gasteiger partial charge in [0, 0.05) is 30.4 Å². The molecule has 0 aliphatic rings. The highest BCUT2D eigenvalue weighted by atomic mass is 35.5. The van der Waals surface area contributed by atoms with E-state index in [9.17, 15) is 4.39 Å². The first-order valence-corrected chi connectivity index (χ1v) is 7.08. The highest BCUT2D eigenvalue weighted by Gasteiger charge is 2.14. The molecule has 1 heterocycles. The maximum atomic E-state index is 13.8. The predicted octanol–water partition coefficient (Wildman–Crippen LogP) is 3.46. The van der Waals surface area contributed by atoms with Crippen LogP contribution in [0.25, 0.3) is 0 Å². The Morgan fingerprint density at radius 3 is 2.47 bits per heavy atom. The Hall–Kier alpha value is -0.870. The van der Waals surface area contributed by atoms with Crippen LogP contribution in [0.1, 0.15) is 33.3 Å². The van der Waals surface area contributed by atoms with Crippen molar-refractivity contribution in [1.29, 1.82) is 0 Å². The summed E-state index contributed by atoms with van der Waals surface area (Å²) in [5.74, 6) is -0.307. The summed E-state index contributed by atoms with van der Waals surface area (Å²) < 4.78 is 19.3. The monoisotopic (exact) mass is 288 g/mol. The summed E-state index contributed by atoms with van der Waals surface area (Å²) in [5.41, 5.74) is 0.413. The average Bonchev–Trinajstić information content (AvgIpc) is 2.35. The Morgan fingerprint density at radius 2 is 1.95 bits per heavy atom. The largest absolute Gasteiger partial charge is 0.474 e.